The molecule has 0 bridgehead atoms. The average molecular weight is 234 g/mol. The van der Waals surface area contributed by atoms with Crippen molar-refractivity contribution in [1.29, 1.82) is 0 Å². The third-order valence-electron chi connectivity index (χ3n) is 3.06. The van der Waals surface area contributed by atoms with Crippen LogP contribution < -0.4 is 0 Å². The van der Waals surface area contributed by atoms with E-state index in [-0.39, 0.29) is 5.60 Å². The highest BCUT2D eigenvalue weighted by Gasteiger charge is 2.41. The molecule has 12 heavy (non-hydrogen) atoms. The molecule has 0 radical (unpaired) electrons. The van der Waals surface area contributed by atoms with Gasteiger partial charge in [0.05, 0.1) is 12.2 Å². The Bertz CT molecular complexity index is 166. The molecule has 0 amide bonds. The first-order chi connectivity index (χ1) is 5.70. The van der Waals surface area contributed by atoms with Crippen molar-refractivity contribution in [3.63, 3.8) is 0 Å². The molecule has 2 aliphatic rings. The van der Waals surface area contributed by atoms with Crippen molar-refractivity contribution < 1.29 is 4.74 Å². The lowest BCUT2D eigenvalue weighted by Crippen LogP contribution is -2.42. The predicted molar refractivity (Wildman–Crippen MR) is 52.7 cm³/mol. The molecule has 0 aromatic heterocycles. The molecule has 3 heteroatoms. The Balaban J connectivity index is 1.95. The number of likely N-dealkylation sites (tertiary alicyclic amines) is 1. The van der Waals surface area contributed by atoms with Crippen LogP contribution in [-0.2, 0) is 4.74 Å². The maximum atomic E-state index is 5.87. The molecule has 1 unspecified atom stereocenters. The number of ether oxygens (including phenoxy) is 1. The third kappa shape index (κ3) is 1.68. The highest BCUT2D eigenvalue weighted by Crippen LogP contribution is 2.37. The Labute approximate surface area is 82.4 Å². The minimum absolute atomic E-state index is 0.237. The number of rotatable bonds is 0. The van der Waals surface area contributed by atoms with Crippen LogP contribution in [0, 0.1) is 0 Å². The molecule has 2 aliphatic heterocycles. The number of piperidine rings is 1. The van der Waals surface area contributed by atoms with E-state index in [2.05, 4.69) is 27.9 Å². The van der Waals surface area contributed by atoms with Gasteiger partial charge in [0.25, 0.3) is 0 Å². The van der Waals surface area contributed by atoms with Gasteiger partial charge in [-0.1, -0.05) is 15.9 Å². The topological polar surface area (TPSA) is 12.5 Å². The summed E-state index contributed by atoms with van der Waals surface area (Å²) in [6.45, 7) is 3.29. The molecule has 0 aliphatic carbocycles. The molecule has 70 valence electrons. The Morgan fingerprint density at radius 3 is 2.58 bits per heavy atom. The molecule has 0 saturated carbocycles. The minimum Gasteiger partial charge on any atom is -0.374 e. The molecular formula is C9H16BrNO. The van der Waals surface area contributed by atoms with Gasteiger partial charge in [-0.2, -0.15) is 0 Å². The number of hydrogen-bond donors (Lipinski definition) is 0. The maximum absolute atomic E-state index is 5.87. The molecular weight excluding hydrogens is 218 g/mol. The molecule has 1 spiro atoms. The van der Waals surface area contributed by atoms with Crippen molar-refractivity contribution in [1.82, 2.24) is 4.90 Å². The van der Waals surface area contributed by atoms with Crippen molar-refractivity contribution in [3.05, 3.63) is 0 Å². The summed E-state index contributed by atoms with van der Waals surface area (Å²) in [6, 6.07) is 0. The van der Waals surface area contributed by atoms with Crippen LogP contribution in [0.2, 0.25) is 0 Å². The highest BCUT2D eigenvalue weighted by molar-refractivity contribution is 9.09. The van der Waals surface area contributed by atoms with Crippen molar-refractivity contribution in [2.24, 2.45) is 0 Å². The Kier molecular flexibility index (Phi) is 2.45. The number of hydrogen-bond acceptors (Lipinski definition) is 2. The minimum atomic E-state index is 0.237. The van der Waals surface area contributed by atoms with E-state index >= 15 is 0 Å². The molecule has 2 nitrogen and oxygen atoms in total. The van der Waals surface area contributed by atoms with Gasteiger partial charge in [-0.3, -0.25) is 0 Å². The van der Waals surface area contributed by atoms with E-state index < -0.39 is 0 Å². The van der Waals surface area contributed by atoms with Crippen LogP contribution in [0.1, 0.15) is 19.3 Å². The van der Waals surface area contributed by atoms with E-state index in [0.717, 1.165) is 6.61 Å². The van der Waals surface area contributed by atoms with E-state index in [9.17, 15) is 0 Å². The molecule has 2 saturated heterocycles. The second kappa shape index (κ2) is 3.28. The zero-order valence-electron chi connectivity index (χ0n) is 7.55. The summed E-state index contributed by atoms with van der Waals surface area (Å²) in [7, 11) is 2.19. The van der Waals surface area contributed by atoms with Crippen LogP contribution in [0.15, 0.2) is 0 Å². The van der Waals surface area contributed by atoms with Gasteiger partial charge in [0.1, 0.15) is 0 Å². The third-order valence-corrected chi connectivity index (χ3v) is 3.65. The van der Waals surface area contributed by atoms with Gasteiger partial charge in [0.2, 0.25) is 0 Å². The molecule has 0 N–H and O–H groups in total. The van der Waals surface area contributed by atoms with Crippen LogP contribution in [0.3, 0.4) is 0 Å². The monoisotopic (exact) mass is 233 g/mol. The fourth-order valence-electron chi connectivity index (χ4n) is 2.16. The van der Waals surface area contributed by atoms with E-state index in [1.54, 1.807) is 0 Å². The van der Waals surface area contributed by atoms with E-state index in [1.165, 1.54) is 32.4 Å². The van der Waals surface area contributed by atoms with Gasteiger partial charge in [-0.15, -0.1) is 0 Å². The summed E-state index contributed by atoms with van der Waals surface area (Å²) in [5, 5.41) is 0. The van der Waals surface area contributed by atoms with Crippen LogP contribution in [-0.4, -0.2) is 42.1 Å². The molecule has 2 rings (SSSR count). The first-order valence-electron chi connectivity index (χ1n) is 4.67. The summed E-state index contributed by atoms with van der Waals surface area (Å²) in [4.78, 5) is 2.98. The largest absolute Gasteiger partial charge is 0.374 e. The summed E-state index contributed by atoms with van der Waals surface area (Å²) in [5.41, 5.74) is 0.237. The lowest BCUT2D eigenvalue weighted by Gasteiger charge is -2.36. The quantitative estimate of drug-likeness (QED) is 0.591. The van der Waals surface area contributed by atoms with Gasteiger partial charge >= 0.3 is 0 Å². The summed E-state index contributed by atoms with van der Waals surface area (Å²) in [5.74, 6) is 0. The number of halogens is 1. The van der Waals surface area contributed by atoms with E-state index in [1.807, 2.05) is 0 Å². The van der Waals surface area contributed by atoms with Crippen molar-refractivity contribution in [2.75, 3.05) is 26.7 Å². The predicted octanol–water partition coefficient (Wildman–Crippen LogP) is 1.63. The van der Waals surface area contributed by atoms with Crippen molar-refractivity contribution >= 4 is 15.9 Å². The Morgan fingerprint density at radius 1 is 1.42 bits per heavy atom. The maximum Gasteiger partial charge on any atom is 0.0719 e. The number of nitrogens with zero attached hydrogens (tertiary/aromatic N) is 1. The van der Waals surface area contributed by atoms with Crippen LogP contribution in [0.5, 0.6) is 0 Å². The molecule has 2 fully saturated rings. The summed E-state index contributed by atoms with van der Waals surface area (Å²) < 4.78 is 5.87. The molecule has 0 aromatic carbocycles. The van der Waals surface area contributed by atoms with Crippen LogP contribution in [0.4, 0.5) is 0 Å². The molecule has 0 aromatic rings. The highest BCUT2D eigenvalue weighted by atomic mass is 79.9. The standard InChI is InChI=1S/C9H16BrNO/c1-11-4-2-9(3-5-11)6-8(10)7-12-9/h8H,2-7H2,1H3. The normalized spacial score (nSPS) is 36.0. The lowest BCUT2D eigenvalue weighted by atomic mass is 9.89. The molecule has 1 atom stereocenters. The Morgan fingerprint density at radius 2 is 2.08 bits per heavy atom. The van der Waals surface area contributed by atoms with E-state index in [4.69, 9.17) is 4.74 Å². The first kappa shape index (κ1) is 8.97. The van der Waals surface area contributed by atoms with Crippen LogP contribution >= 0.6 is 15.9 Å². The van der Waals surface area contributed by atoms with Crippen molar-refractivity contribution in [3.8, 4) is 0 Å². The summed E-state index contributed by atoms with van der Waals surface area (Å²) >= 11 is 3.63. The SMILES string of the molecule is CN1CCC2(CC1)CC(Br)CO2. The van der Waals surface area contributed by atoms with E-state index in [0.29, 0.717) is 4.83 Å². The Hall–Kier alpha value is 0.400. The van der Waals surface area contributed by atoms with Gasteiger partial charge in [-0.25, -0.2) is 0 Å². The summed E-state index contributed by atoms with van der Waals surface area (Å²) in [6.07, 6.45) is 3.64. The second-order valence-corrected chi connectivity index (χ2v) is 5.39. The van der Waals surface area contributed by atoms with Gasteiger partial charge in [0.15, 0.2) is 0 Å². The van der Waals surface area contributed by atoms with Crippen molar-refractivity contribution in [2.45, 2.75) is 29.7 Å². The van der Waals surface area contributed by atoms with Gasteiger partial charge < -0.3 is 9.64 Å². The zero-order valence-corrected chi connectivity index (χ0v) is 9.14. The first-order valence-corrected chi connectivity index (χ1v) is 5.58. The van der Waals surface area contributed by atoms with Gasteiger partial charge in [-0.05, 0) is 26.3 Å². The molecule has 2 heterocycles. The van der Waals surface area contributed by atoms with Gasteiger partial charge in [0, 0.05) is 17.9 Å². The lowest BCUT2D eigenvalue weighted by molar-refractivity contribution is -0.0390. The fraction of sp³-hybridized carbons (Fsp3) is 1.00. The number of alkyl halides is 1. The fourth-order valence-corrected chi connectivity index (χ4v) is 2.89. The second-order valence-electron chi connectivity index (χ2n) is 4.10. The smallest absolute Gasteiger partial charge is 0.0719 e. The van der Waals surface area contributed by atoms with Crippen LogP contribution in [0.25, 0.3) is 0 Å². The zero-order chi connectivity index (χ0) is 8.60. The average Bonchev–Trinajstić information content (AvgIpc) is 2.40.